The lowest BCUT2D eigenvalue weighted by molar-refractivity contribution is -0.117. The molecule has 2 aliphatic heterocycles. The second kappa shape index (κ2) is 7.74. The summed E-state index contributed by atoms with van der Waals surface area (Å²) in [5, 5.41) is 1.25. The van der Waals surface area contributed by atoms with Gasteiger partial charge in [-0.15, -0.1) is 0 Å². The fourth-order valence-corrected chi connectivity index (χ4v) is 3.31. The number of rotatable bonds is 4. The first-order valence-electron chi connectivity index (χ1n) is 9.10. The number of hydrazine groups is 1. The number of carbonyl (C=O) groups excluding carboxylic acids is 2. The molecule has 7 heteroatoms. The number of nitrogens with one attached hydrogen (secondary N) is 1. The number of carbonyl (C=O) groups is 2. The first kappa shape index (κ1) is 18.1. The number of nitrogens with zero attached hydrogens (tertiary/aromatic N) is 2. The van der Waals surface area contributed by atoms with E-state index in [-0.39, 0.29) is 5.57 Å². The molecule has 2 amide bonds. The molecule has 7 nitrogen and oxygen atoms in total. The van der Waals surface area contributed by atoms with Crippen molar-refractivity contribution in [2.24, 2.45) is 0 Å². The molecular formula is C21H21N3O4. The van der Waals surface area contributed by atoms with Crippen molar-refractivity contribution < 1.29 is 19.1 Å². The van der Waals surface area contributed by atoms with E-state index in [4.69, 9.17) is 9.47 Å². The molecule has 0 bridgehead atoms. The van der Waals surface area contributed by atoms with Crippen molar-refractivity contribution >= 4 is 29.3 Å². The topological polar surface area (TPSA) is 71.1 Å². The minimum absolute atomic E-state index is 0.0706. The summed E-state index contributed by atoms with van der Waals surface area (Å²) in [6.45, 7) is 3.02. The fourth-order valence-electron chi connectivity index (χ4n) is 3.31. The summed E-state index contributed by atoms with van der Waals surface area (Å²) in [4.78, 5) is 27.3. The SMILES string of the molecule is COc1cc(N2CCOCC2)ccc1C=C1C(=O)NN(c2ccccc2)C1=O. The van der Waals surface area contributed by atoms with E-state index in [1.165, 1.54) is 5.01 Å². The smallest absolute Gasteiger partial charge is 0.282 e. The molecule has 0 saturated carbocycles. The Morgan fingerprint density at radius 1 is 1.04 bits per heavy atom. The van der Waals surface area contributed by atoms with Crippen LogP contribution in [0.1, 0.15) is 5.56 Å². The van der Waals surface area contributed by atoms with Crippen LogP contribution in [0, 0.1) is 0 Å². The van der Waals surface area contributed by atoms with Crippen LogP contribution >= 0.6 is 0 Å². The standard InChI is InChI=1S/C21H21N3O4/c1-27-19-14-17(23-9-11-28-12-10-23)8-7-15(19)13-18-20(25)22-24(21(18)26)16-5-3-2-4-6-16/h2-8,13-14H,9-12H2,1H3,(H,22,25). The van der Waals surface area contributed by atoms with Crippen LogP contribution in [0.2, 0.25) is 0 Å². The molecule has 28 heavy (non-hydrogen) atoms. The molecule has 0 atom stereocenters. The summed E-state index contributed by atoms with van der Waals surface area (Å²) < 4.78 is 10.9. The summed E-state index contributed by atoms with van der Waals surface area (Å²) in [6.07, 6.45) is 1.57. The molecule has 4 rings (SSSR count). The highest BCUT2D eigenvalue weighted by atomic mass is 16.5. The Morgan fingerprint density at radius 3 is 2.50 bits per heavy atom. The molecule has 2 fully saturated rings. The quantitative estimate of drug-likeness (QED) is 0.650. The number of benzene rings is 2. The Hall–Kier alpha value is -3.32. The molecule has 2 aromatic carbocycles. The van der Waals surface area contributed by atoms with E-state index in [1.54, 1.807) is 25.3 Å². The molecule has 0 unspecified atom stereocenters. The number of para-hydroxylation sites is 1. The van der Waals surface area contributed by atoms with Gasteiger partial charge in [0.2, 0.25) is 0 Å². The highest BCUT2D eigenvalue weighted by molar-refractivity contribution is 6.31. The third-order valence-corrected chi connectivity index (χ3v) is 4.80. The lowest BCUT2D eigenvalue weighted by Gasteiger charge is -2.29. The van der Waals surface area contributed by atoms with Crippen molar-refractivity contribution in [2.45, 2.75) is 0 Å². The van der Waals surface area contributed by atoms with Crippen LogP contribution < -0.4 is 20.1 Å². The largest absolute Gasteiger partial charge is 0.496 e. The lowest BCUT2D eigenvalue weighted by atomic mass is 10.1. The summed E-state index contributed by atoms with van der Waals surface area (Å²) in [5.41, 5.74) is 4.98. The minimum atomic E-state index is -0.437. The van der Waals surface area contributed by atoms with E-state index < -0.39 is 11.8 Å². The van der Waals surface area contributed by atoms with Gasteiger partial charge in [-0.1, -0.05) is 18.2 Å². The van der Waals surface area contributed by atoms with Crippen LogP contribution in [0.3, 0.4) is 0 Å². The van der Waals surface area contributed by atoms with Gasteiger partial charge in [-0.2, -0.15) is 0 Å². The van der Waals surface area contributed by atoms with Gasteiger partial charge in [-0.05, 0) is 30.3 Å². The average Bonchev–Trinajstić information content (AvgIpc) is 3.03. The van der Waals surface area contributed by atoms with E-state index in [0.29, 0.717) is 30.2 Å². The van der Waals surface area contributed by atoms with Crippen LogP contribution in [0.15, 0.2) is 54.1 Å². The summed E-state index contributed by atoms with van der Waals surface area (Å²) in [6, 6.07) is 14.7. The molecule has 2 heterocycles. The zero-order valence-corrected chi connectivity index (χ0v) is 15.6. The predicted octanol–water partition coefficient (Wildman–Crippen LogP) is 1.99. The van der Waals surface area contributed by atoms with E-state index in [9.17, 15) is 9.59 Å². The Balaban J connectivity index is 1.62. The Morgan fingerprint density at radius 2 is 1.79 bits per heavy atom. The number of morpholine rings is 1. The van der Waals surface area contributed by atoms with Crippen LogP contribution in [0.5, 0.6) is 5.75 Å². The molecule has 144 valence electrons. The number of anilines is 2. The Labute approximate surface area is 163 Å². The van der Waals surface area contributed by atoms with Crippen molar-refractivity contribution in [3.05, 3.63) is 59.7 Å². The van der Waals surface area contributed by atoms with Gasteiger partial charge in [-0.3, -0.25) is 15.0 Å². The number of amides is 2. The maximum atomic E-state index is 12.7. The van der Waals surface area contributed by atoms with Crippen molar-refractivity contribution in [3.63, 3.8) is 0 Å². The molecule has 2 saturated heterocycles. The summed E-state index contributed by atoms with van der Waals surface area (Å²) in [7, 11) is 1.58. The Bertz CT molecular complexity index is 921. The highest BCUT2D eigenvalue weighted by Crippen LogP contribution is 2.29. The van der Waals surface area contributed by atoms with Crippen LogP contribution in [-0.2, 0) is 14.3 Å². The number of hydrogen-bond acceptors (Lipinski definition) is 5. The van der Waals surface area contributed by atoms with Gasteiger partial charge in [0.15, 0.2) is 0 Å². The number of hydrogen-bond donors (Lipinski definition) is 1. The summed E-state index contributed by atoms with van der Waals surface area (Å²) in [5.74, 6) is -0.223. The second-order valence-corrected chi connectivity index (χ2v) is 6.50. The maximum Gasteiger partial charge on any atom is 0.282 e. The van der Waals surface area contributed by atoms with Gasteiger partial charge in [-0.25, -0.2) is 5.01 Å². The highest BCUT2D eigenvalue weighted by Gasteiger charge is 2.34. The molecule has 2 aromatic rings. The molecule has 1 N–H and O–H groups in total. The van der Waals surface area contributed by atoms with Gasteiger partial charge < -0.3 is 14.4 Å². The van der Waals surface area contributed by atoms with E-state index in [1.807, 2.05) is 36.4 Å². The summed E-state index contributed by atoms with van der Waals surface area (Å²) >= 11 is 0. The van der Waals surface area contributed by atoms with E-state index >= 15 is 0 Å². The average molecular weight is 379 g/mol. The number of ether oxygens (including phenoxy) is 2. The second-order valence-electron chi connectivity index (χ2n) is 6.50. The molecule has 0 aliphatic carbocycles. The molecule has 0 aromatic heterocycles. The van der Waals surface area contributed by atoms with Crippen molar-refractivity contribution in [2.75, 3.05) is 43.3 Å². The first-order valence-corrected chi connectivity index (χ1v) is 9.10. The van der Waals surface area contributed by atoms with Crippen molar-refractivity contribution in [1.82, 2.24) is 5.43 Å². The maximum absolute atomic E-state index is 12.7. The van der Waals surface area contributed by atoms with Gasteiger partial charge >= 0.3 is 0 Å². The third kappa shape index (κ3) is 3.44. The molecule has 0 radical (unpaired) electrons. The zero-order chi connectivity index (χ0) is 19.5. The van der Waals surface area contributed by atoms with Crippen molar-refractivity contribution in [3.8, 4) is 5.75 Å². The third-order valence-electron chi connectivity index (χ3n) is 4.80. The van der Waals surface area contributed by atoms with Crippen LogP contribution in [-0.4, -0.2) is 45.2 Å². The lowest BCUT2D eigenvalue weighted by Crippen LogP contribution is -2.36. The Kier molecular flexibility index (Phi) is 4.99. The van der Waals surface area contributed by atoms with Crippen molar-refractivity contribution in [1.29, 1.82) is 0 Å². The normalized spacial score (nSPS) is 18.5. The molecular weight excluding hydrogens is 358 g/mol. The van der Waals surface area contributed by atoms with E-state index in [0.717, 1.165) is 18.8 Å². The van der Waals surface area contributed by atoms with Gasteiger partial charge in [0, 0.05) is 30.4 Å². The minimum Gasteiger partial charge on any atom is -0.496 e. The van der Waals surface area contributed by atoms with Crippen LogP contribution in [0.4, 0.5) is 11.4 Å². The molecule has 2 aliphatic rings. The van der Waals surface area contributed by atoms with Gasteiger partial charge in [0.1, 0.15) is 11.3 Å². The first-order chi connectivity index (χ1) is 13.7. The van der Waals surface area contributed by atoms with Gasteiger partial charge in [0.25, 0.3) is 11.8 Å². The molecule has 0 spiro atoms. The zero-order valence-electron chi connectivity index (χ0n) is 15.6. The predicted molar refractivity (Wildman–Crippen MR) is 106 cm³/mol. The van der Waals surface area contributed by atoms with E-state index in [2.05, 4.69) is 10.3 Å². The number of methoxy groups -OCH3 is 1. The fraction of sp³-hybridized carbons (Fsp3) is 0.238. The van der Waals surface area contributed by atoms with Gasteiger partial charge in [0.05, 0.1) is 26.0 Å². The monoisotopic (exact) mass is 379 g/mol. The van der Waals surface area contributed by atoms with Crippen LogP contribution in [0.25, 0.3) is 6.08 Å².